The molecule has 0 aromatic rings. The molecule has 0 radical (unpaired) electrons. The summed E-state index contributed by atoms with van der Waals surface area (Å²) in [7, 11) is -0.210. The Hall–Kier alpha value is -0.656. The van der Waals surface area contributed by atoms with Crippen LogP contribution in [0.25, 0.3) is 0 Å². The quantitative estimate of drug-likeness (QED) is 0.231. The van der Waals surface area contributed by atoms with Gasteiger partial charge in [-0.1, -0.05) is 19.2 Å². The van der Waals surface area contributed by atoms with Crippen LogP contribution in [0.2, 0.25) is 0 Å². The third-order valence-electron chi connectivity index (χ3n) is 0.940. The smallest absolute Gasteiger partial charge is 0.331 e. The molecule has 0 saturated carbocycles. The van der Waals surface area contributed by atoms with Gasteiger partial charge in [0.2, 0.25) is 0 Å². The summed E-state index contributed by atoms with van der Waals surface area (Å²) in [5, 5.41) is 0.488. The zero-order chi connectivity index (χ0) is 8.69. The lowest BCUT2D eigenvalue weighted by molar-refractivity contribution is -0.137. The lowest BCUT2D eigenvalue weighted by Crippen LogP contribution is -2.13. The molecule has 0 aliphatic heterocycles. The summed E-state index contributed by atoms with van der Waals surface area (Å²) >= 11 is 0. The number of rotatable bonds is 5. The van der Waals surface area contributed by atoms with E-state index in [0.29, 0.717) is 15.7 Å². The SMILES string of the molecule is C=CCOC(=O)C(=C)[SiH2]O[SiH3]. The van der Waals surface area contributed by atoms with Gasteiger partial charge in [-0.15, -0.1) is 0 Å². The van der Waals surface area contributed by atoms with Gasteiger partial charge in [0.15, 0.2) is 9.76 Å². The van der Waals surface area contributed by atoms with Crippen molar-refractivity contribution in [1.29, 1.82) is 0 Å². The second-order valence-electron chi connectivity index (χ2n) is 1.92. The van der Waals surface area contributed by atoms with Crippen LogP contribution in [0.1, 0.15) is 0 Å². The van der Waals surface area contributed by atoms with E-state index in [1.165, 1.54) is 6.08 Å². The fourth-order valence-electron chi connectivity index (χ4n) is 0.470. The maximum absolute atomic E-state index is 10.9. The maximum Gasteiger partial charge on any atom is 0.331 e. The van der Waals surface area contributed by atoms with E-state index in [2.05, 4.69) is 13.2 Å². The molecule has 0 amide bonds. The molecule has 0 aromatic heterocycles. The molecule has 0 unspecified atom stereocenters. The summed E-state index contributed by atoms with van der Waals surface area (Å²) in [6, 6.07) is 0. The molecule has 0 aliphatic carbocycles. The maximum atomic E-state index is 10.9. The van der Waals surface area contributed by atoms with Crippen molar-refractivity contribution in [2.45, 2.75) is 0 Å². The zero-order valence-corrected chi connectivity index (χ0v) is 10.0. The molecule has 0 rings (SSSR count). The Bertz CT molecular complexity index is 167. The molecule has 0 aromatic carbocycles. The van der Waals surface area contributed by atoms with E-state index in [-0.39, 0.29) is 12.6 Å². The van der Waals surface area contributed by atoms with Crippen LogP contribution in [-0.4, -0.2) is 32.8 Å². The predicted molar refractivity (Wildman–Crippen MR) is 49.9 cm³/mol. The van der Waals surface area contributed by atoms with Gasteiger partial charge in [-0.05, 0) is 0 Å². The molecular formula is C6H12O3Si2. The Labute approximate surface area is 71.6 Å². The molecule has 0 aliphatic rings. The average Bonchev–Trinajstić information content (AvgIpc) is 2.00. The standard InChI is InChI=1S/C6H12O3Si2/c1-3-4-8-6(7)5(2)11-9-10/h3H,1-2,4,11H2,10H3. The molecule has 0 saturated heterocycles. The molecular weight excluding hydrogens is 176 g/mol. The molecule has 0 fully saturated rings. The first-order chi connectivity index (χ1) is 5.22. The Morgan fingerprint density at radius 2 is 2.36 bits per heavy atom. The van der Waals surface area contributed by atoms with Crippen molar-refractivity contribution in [2.24, 2.45) is 0 Å². The fourth-order valence-corrected chi connectivity index (χ4v) is 2.08. The summed E-state index contributed by atoms with van der Waals surface area (Å²) in [6.45, 7) is 7.21. The van der Waals surface area contributed by atoms with Gasteiger partial charge < -0.3 is 8.85 Å². The average molecular weight is 188 g/mol. The van der Waals surface area contributed by atoms with E-state index < -0.39 is 9.76 Å². The van der Waals surface area contributed by atoms with Crippen LogP contribution in [0.15, 0.2) is 24.4 Å². The first-order valence-corrected chi connectivity index (χ1v) is 5.27. The van der Waals surface area contributed by atoms with Crippen LogP contribution in [0.4, 0.5) is 0 Å². The highest BCUT2D eigenvalue weighted by atomic mass is 28.3. The Morgan fingerprint density at radius 1 is 1.73 bits per heavy atom. The molecule has 62 valence electrons. The van der Waals surface area contributed by atoms with Crippen LogP contribution in [0.5, 0.6) is 0 Å². The fraction of sp³-hybridized carbons (Fsp3) is 0.167. The molecule has 0 N–H and O–H groups in total. The van der Waals surface area contributed by atoms with Crippen molar-refractivity contribution in [3.05, 3.63) is 24.4 Å². The van der Waals surface area contributed by atoms with Crippen LogP contribution < -0.4 is 0 Å². The van der Waals surface area contributed by atoms with Gasteiger partial charge in [0.05, 0.1) is 0 Å². The molecule has 3 nitrogen and oxygen atoms in total. The Morgan fingerprint density at radius 3 is 2.82 bits per heavy atom. The van der Waals surface area contributed by atoms with Crippen LogP contribution in [0, 0.1) is 0 Å². The lowest BCUT2D eigenvalue weighted by Gasteiger charge is -2.02. The molecule has 0 spiro atoms. The predicted octanol–water partition coefficient (Wildman–Crippen LogP) is -1.39. The minimum atomic E-state index is -0.871. The van der Waals surface area contributed by atoms with Crippen molar-refractivity contribution in [3.8, 4) is 0 Å². The number of hydrogen-bond donors (Lipinski definition) is 0. The van der Waals surface area contributed by atoms with Crippen molar-refractivity contribution in [2.75, 3.05) is 6.61 Å². The monoisotopic (exact) mass is 188 g/mol. The number of ether oxygens (including phenoxy) is 1. The van der Waals surface area contributed by atoms with E-state index in [1.54, 1.807) is 0 Å². The molecule has 5 heteroatoms. The Kier molecular flexibility index (Phi) is 5.72. The molecule has 0 heterocycles. The summed E-state index contributed by atoms with van der Waals surface area (Å²) < 4.78 is 9.68. The van der Waals surface area contributed by atoms with Gasteiger partial charge in [-0.3, -0.25) is 0 Å². The third kappa shape index (κ3) is 4.71. The number of hydrogen-bond acceptors (Lipinski definition) is 3. The van der Waals surface area contributed by atoms with Crippen molar-refractivity contribution >= 4 is 26.2 Å². The summed E-state index contributed by atoms with van der Waals surface area (Å²) in [5.41, 5.74) is 0. The van der Waals surface area contributed by atoms with Gasteiger partial charge >= 0.3 is 5.97 Å². The van der Waals surface area contributed by atoms with E-state index in [0.717, 1.165) is 0 Å². The minimum Gasteiger partial charge on any atom is -0.464 e. The summed E-state index contributed by atoms with van der Waals surface area (Å²) in [6.07, 6.45) is 1.52. The zero-order valence-electron chi connectivity index (χ0n) is 6.63. The van der Waals surface area contributed by atoms with Gasteiger partial charge in [-0.25, -0.2) is 4.79 Å². The highest BCUT2D eigenvalue weighted by Crippen LogP contribution is 1.91. The number of esters is 1. The summed E-state index contributed by atoms with van der Waals surface area (Å²) in [4.78, 5) is 10.9. The summed E-state index contributed by atoms with van der Waals surface area (Å²) in [5.74, 6) is -0.354. The van der Waals surface area contributed by atoms with Gasteiger partial charge in [0, 0.05) is 5.20 Å². The van der Waals surface area contributed by atoms with E-state index in [4.69, 9.17) is 8.85 Å². The first kappa shape index (κ1) is 10.3. The normalized spacial score (nSPS) is 10.2. The Balaban J connectivity index is 3.64. The number of carbonyl (C=O) groups is 1. The lowest BCUT2D eigenvalue weighted by atomic mass is 10.6. The van der Waals surface area contributed by atoms with Gasteiger partial charge in [0.25, 0.3) is 0 Å². The van der Waals surface area contributed by atoms with E-state index in [1.807, 2.05) is 0 Å². The first-order valence-electron chi connectivity index (χ1n) is 3.17. The molecule has 0 bridgehead atoms. The van der Waals surface area contributed by atoms with E-state index in [9.17, 15) is 4.79 Å². The highest BCUT2D eigenvalue weighted by molar-refractivity contribution is 6.50. The van der Waals surface area contributed by atoms with Crippen molar-refractivity contribution < 1.29 is 13.6 Å². The van der Waals surface area contributed by atoms with Crippen LogP contribution in [0.3, 0.4) is 0 Å². The van der Waals surface area contributed by atoms with Crippen LogP contribution >= 0.6 is 0 Å². The second-order valence-corrected chi connectivity index (χ2v) is 5.38. The number of carbonyl (C=O) groups excluding carboxylic acids is 1. The largest absolute Gasteiger partial charge is 0.464 e. The topological polar surface area (TPSA) is 35.5 Å². The second kappa shape index (κ2) is 6.08. The molecule has 11 heavy (non-hydrogen) atoms. The van der Waals surface area contributed by atoms with Gasteiger partial charge in [-0.2, -0.15) is 0 Å². The third-order valence-corrected chi connectivity index (χ3v) is 2.73. The minimum absolute atomic E-state index is 0.243. The van der Waals surface area contributed by atoms with Crippen LogP contribution in [-0.2, 0) is 13.6 Å². The van der Waals surface area contributed by atoms with Gasteiger partial charge in [0.1, 0.15) is 17.1 Å². The van der Waals surface area contributed by atoms with Crippen molar-refractivity contribution in [1.82, 2.24) is 0 Å². The van der Waals surface area contributed by atoms with Crippen molar-refractivity contribution in [3.63, 3.8) is 0 Å². The highest BCUT2D eigenvalue weighted by Gasteiger charge is 2.06. The molecule has 0 atom stereocenters. The van der Waals surface area contributed by atoms with E-state index >= 15 is 0 Å².